The van der Waals surface area contributed by atoms with Gasteiger partial charge in [-0.15, -0.1) is 0 Å². The molecule has 2 heterocycles. The van der Waals surface area contributed by atoms with Crippen LogP contribution < -0.4 is 18.3 Å². The molecule has 12 nitrogen and oxygen atoms in total. The van der Waals surface area contributed by atoms with E-state index >= 15 is 0 Å². The molecule has 4 rings (SSSR count). The van der Waals surface area contributed by atoms with Crippen LogP contribution in [-0.4, -0.2) is 90.1 Å². The van der Waals surface area contributed by atoms with Crippen LogP contribution in [-0.2, 0) is 49.2 Å². The number of hydrogen-bond donors (Lipinski definition) is 1. The van der Waals surface area contributed by atoms with Crippen LogP contribution in [0.3, 0.4) is 0 Å². The lowest BCUT2D eigenvalue weighted by molar-refractivity contribution is -0.107. The predicted molar refractivity (Wildman–Crippen MR) is 321 cm³/mol. The molecule has 0 radical (unpaired) electrons. The van der Waals surface area contributed by atoms with Crippen molar-refractivity contribution < 1.29 is 56.1 Å². The van der Waals surface area contributed by atoms with Gasteiger partial charge in [-0.3, -0.25) is 0 Å². The summed E-state index contributed by atoms with van der Waals surface area (Å²) in [5.41, 5.74) is 6.44. The van der Waals surface area contributed by atoms with Gasteiger partial charge in [0.2, 0.25) is 0 Å². The number of esters is 2. The van der Waals surface area contributed by atoms with Crippen molar-refractivity contribution in [2.75, 3.05) is 27.4 Å². The SMILES string of the molecule is C/C(Br)=C\CCO[Si](C)(C)C(C)(C)C.COc1c(C)c2c(c(O[Si](C)(C)C(C)(C)C)c1CC(O)/C(C)=C/CCO[Si](C)(C)C(C)(C)C)C(=O)OC2.COc1c(C)c2c(c(O[Si](C)(C)C(C)(C)C)c1CC=O)C(=O)OC2. The van der Waals surface area contributed by atoms with Crippen molar-refractivity contribution in [2.45, 2.75) is 228 Å². The summed E-state index contributed by atoms with van der Waals surface area (Å²) in [6, 6.07) is 0. The van der Waals surface area contributed by atoms with Crippen LogP contribution in [0.4, 0.5) is 0 Å². The number of ether oxygens (including phenoxy) is 4. The molecule has 2 aromatic carbocycles. The number of carbonyl (C=O) groups excluding carboxylic acids is 3. The molecule has 0 bridgehead atoms. The fourth-order valence-corrected chi connectivity index (χ4v) is 11.7. The number of aldehydes is 1. The van der Waals surface area contributed by atoms with Gasteiger partial charge in [0, 0.05) is 48.3 Å². The molecule has 0 spiro atoms. The van der Waals surface area contributed by atoms with Crippen molar-refractivity contribution in [1.29, 1.82) is 0 Å². The van der Waals surface area contributed by atoms with Gasteiger partial charge in [0.25, 0.3) is 16.6 Å². The highest BCUT2D eigenvalue weighted by Gasteiger charge is 2.45. The van der Waals surface area contributed by atoms with E-state index in [-0.39, 0.29) is 47.1 Å². The van der Waals surface area contributed by atoms with Crippen molar-refractivity contribution in [3.05, 3.63) is 66.7 Å². The smallest absolute Gasteiger partial charge is 0.342 e. The van der Waals surface area contributed by atoms with Crippen LogP contribution in [0, 0.1) is 13.8 Å². The van der Waals surface area contributed by atoms with Gasteiger partial charge in [-0.1, -0.05) is 111 Å². The van der Waals surface area contributed by atoms with E-state index in [0.717, 1.165) is 59.1 Å². The largest absolute Gasteiger partial charge is 0.543 e. The fourth-order valence-electron chi connectivity index (χ4n) is 7.24. The Kier molecular flexibility index (Phi) is 23.8. The number of cyclic esters (lactones) is 2. The van der Waals surface area contributed by atoms with E-state index in [1.807, 2.05) is 33.8 Å². The minimum Gasteiger partial charge on any atom is -0.543 e. The Morgan fingerprint density at radius 1 is 0.600 bits per heavy atom. The number of allylic oxidation sites excluding steroid dienone is 1. The number of halogens is 1. The van der Waals surface area contributed by atoms with Gasteiger partial charge in [-0.25, -0.2) is 9.59 Å². The Morgan fingerprint density at radius 3 is 1.28 bits per heavy atom. The maximum atomic E-state index is 12.9. The number of fused-ring (bicyclic) bond motifs is 2. The second-order valence-electron chi connectivity index (χ2n) is 26.1. The molecule has 17 heteroatoms. The third-order valence-electron chi connectivity index (χ3n) is 16.5. The summed E-state index contributed by atoms with van der Waals surface area (Å²) in [6.07, 6.45) is 6.41. The Labute approximate surface area is 466 Å². The average Bonchev–Trinajstić information content (AvgIpc) is 3.85. The Morgan fingerprint density at radius 2 is 0.947 bits per heavy atom. The van der Waals surface area contributed by atoms with Crippen molar-refractivity contribution in [2.24, 2.45) is 0 Å². The average molecular weight is 1180 g/mol. The van der Waals surface area contributed by atoms with Crippen LogP contribution in [0.5, 0.6) is 23.0 Å². The third kappa shape index (κ3) is 17.2. The number of hydrogen-bond acceptors (Lipinski definition) is 12. The highest BCUT2D eigenvalue weighted by Crippen LogP contribution is 2.49. The summed E-state index contributed by atoms with van der Waals surface area (Å²) >= 11 is 3.41. The van der Waals surface area contributed by atoms with Gasteiger partial charge in [0.15, 0.2) is 16.6 Å². The molecule has 0 saturated heterocycles. The summed E-state index contributed by atoms with van der Waals surface area (Å²) < 4.78 is 48.8. The van der Waals surface area contributed by atoms with Crippen molar-refractivity contribution >= 4 is 67.4 Å². The zero-order valence-corrected chi connectivity index (χ0v) is 56.9. The summed E-state index contributed by atoms with van der Waals surface area (Å²) in [5, 5.41) is 11.6. The first kappa shape index (κ1) is 68.1. The zero-order chi connectivity index (χ0) is 58.2. The van der Waals surface area contributed by atoms with Crippen molar-refractivity contribution in [3.63, 3.8) is 0 Å². The maximum Gasteiger partial charge on any atom is 0.342 e. The minimum absolute atomic E-state index is 0.0427. The number of methoxy groups -OCH3 is 2. The predicted octanol–water partition coefficient (Wildman–Crippen LogP) is 15.8. The summed E-state index contributed by atoms with van der Waals surface area (Å²) in [6.45, 7) is 53.7. The van der Waals surface area contributed by atoms with Crippen molar-refractivity contribution in [3.8, 4) is 23.0 Å². The number of aliphatic hydroxyl groups is 1. The Balaban J connectivity index is 0.000000432. The summed E-state index contributed by atoms with van der Waals surface area (Å²) in [7, 11) is -4.67. The van der Waals surface area contributed by atoms with Gasteiger partial charge in [0.05, 0.1) is 20.3 Å². The van der Waals surface area contributed by atoms with E-state index in [1.54, 1.807) is 14.2 Å². The number of aliphatic hydroxyl groups excluding tert-OH is 1. The standard InChI is InChI=1S/C29H50O6Si2.C18H26O5Si.C11H23BrOSi/c1-19(15-14-16-34-36(10,11)28(3,4)5)23(30)17-21-25(32-9)20(2)22-18-33-27(31)24(22)26(21)35-37(12,13)29(6,7)8;1-11-13-10-22-17(20)14(13)16(12(8-9-19)15(11)21-5)23-24(6,7)18(2,3)4;1-10(12)8-7-9-13-14(5,6)11(2,3)4/h15,23,30H,14,16-18H2,1-13H3;9H,8,10H2,1-7H3;8H,7,9H2,1-6H3/b19-15+;;10-8+. The minimum atomic E-state index is -2.31. The molecule has 1 atom stereocenters. The molecule has 1 unspecified atom stereocenters. The molecule has 1 N–H and O–H groups in total. The first-order valence-electron chi connectivity index (χ1n) is 26.5. The second-order valence-corrected chi connectivity index (χ2v) is 46.5. The van der Waals surface area contributed by atoms with Crippen LogP contribution in [0.2, 0.25) is 72.5 Å². The van der Waals surface area contributed by atoms with E-state index in [1.165, 1.54) is 4.48 Å². The number of carbonyl (C=O) groups is 3. The molecule has 0 fully saturated rings. The first-order valence-corrected chi connectivity index (χ1v) is 38.9. The third-order valence-corrected chi connectivity index (χ3v) is 34.5. The Hall–Kier alpha value is -3.04. The molecule has 0 amide bonds. The lowest BCUT2D eigenvalue weighted by atomic mass is 9.92. The molecular formula is C58H99BrO12Si4. The maximum absolute atomic E-state index is 12.9. The quantitative estimate of drug-likeness (QED) is 0.0470. The lowest BCUT2D eigenvalue weighted by Crippen LogP contribution is -2.44. The van der Waals surface area contributed by atoms with Crippen molar-refractivity contribution in [1.82, 2.24) is 0 Å². The topological polar surface area (TPSA) is 145 Å². The first-order chi connectivity index (χ1) is 34.0. The summed E-state index contributed by atoms with van der Waals surface area (Å²) in [5.74, 6) is 1.47. The molecule has 2 aliphatic heterocycles. The number of rotatable bonds is 19. The monoisotopic (exact) mass is 1180 g/mol. The van der Waals surface area contributed by atoms with Crippen LogP contribution >= 0.6 is 15.9 Å². The molecule has 2 aliphatic rings. The Bertz CT molecular complexity index is 2390. The van der Waals surface area contributed by atoms with Crippen LogP contribution in [0.15, 0.2) is 22.2 Å². The van der Waals surface area contributed by atoms with Crippen LogP contribution in [0.25, 0.3) is 0 Å². The lowest BCUT2D eigenvalue weighted by Gasteiger charge is -2.38. The van der Waals surface area contributed by atoms with E-state index in [4.69, 9.17) is 36.7 Å². The fraction of sp³-hybridized carbons (Fsp3) is 0.672. The molecule has 0 aliphatic carbocycles. The van der Waals surface area contributed by atoms with Gasteiger partial charge >= 0.3 is 11.9 Å². The van der Waals surface area contributed by atoms with Gasteiger partial charge in [-0.2, -0.15) is 0 Å². The van der Waals surface area contributed by atoms with Gasteiger partial charge in [-0.05, 0) is 134 Å². The zero-order valence-electron chi connectivity index (χ0n) is 51.3. The molecule has 75 heavy (non-hydrogen) atoms. The normalized spacial score (nSPS) is 15.1. The highest BCUT2D eigenvalue weighted by molar-refractivity contribution is 9.11. The molecule has 0 saturated carbocycles. The molecular weight excluding hydrogens is 1080 g/mol. The highest BCUT2D eigenvalue weighted by atomic mass is 79.9. The second kappa shape index (κ2) is 26.3. The number of benzene rings is 2. The molecule has 2 aromatic rings. The van der Waals surface area contributed by atoms with Crippen LogP contribution in [0.1, 0.15) is 164 Å². The van der Waals surface area contributed by atoms with E-state index in [2.05, 4.69) is 157 Å². The van der Waals surface area contributed by atoms with Gasteiger partial charge in [0.1, 0.15) is 53.6 Å². The molecule has 426 valence electrons. The van der Waals surface area contributed by atoms with Gasteiger partial charge < -0.3 is 46.6 Å². The van der Waals surface area contributed by atoms with E-state index in [0.29, 0.717) is 51.3 Å². The van der Waals surface area contributed by atoms with E-state index < -0.39 is 45.3 Å². The molecule has 0 aromatic heterocycles. The van der Waals surface area contributed by atoms with E-state index in [9.17, 15) is 19.5 Å². The summed E-state index contributed by atoms with van der Waals surface area (Å²) in [4.78, 5) is 36.4.